The van der Waals surface area contributed by atoms with Crippen LogP contribution in [-0.2, 0) is 9.59 Å². The van der Waals surface area contributed by atoms with Gasteiger partial charge in [0.2, 0.25) is 5.78 Å². The van der Waals surface area contributed by atoms with Gasteiger partial charge in [-0.3, -0.25) is 9.59 Å². The van der Waals surface area contributed by atoms with Gasteiger partial charge in [0.15, 0.2) is 0 Å². The van der Waals surface area contributed by atoms with E-state index in [0.717, 1.165) is 0 Å². The molecule has 0 heterocycles. The lowest BCUT2D eigenvalue weighted by Crippen LogP contribution is -2.36. The minimum Gasteiger partial charge on any atom is -0.344 e. The van der Waals surface area contributed by atoms with Crippen LogP contribution in [0.2, 0.25) is 0 Å². The Hall–Kier alpha value is -1.12. The maximum atomic E-state index is 10.8. The first-order valence-corrected chi connectivity index (χ1v) is 3.58. The Morgan fingerprint density at radius 3 is 2.55 bits per heavy atom. The van der Waals surface area contributed by atoms with Crippen LogP contribution in [-0.4, -0.2) is 17.7 Å². The second kappa shape index (κ2) is 4.66. The van der Waals surface area contributed by atoms with E-state index in [1.807, 2.05) is 0 Å². The highest BCUT2D eigenvalue weighted by Crippen LogP contribution is 1.85. The van der Waals surface area contributed by atoms with Crippen LogP contribution in [0.4, 0.5) is 0 Å². The largest absolute Gasteiger partial charge is 0.344 e. The van der Waals surface area contributed by atoms with Gasteiger partial charge in [-0.25, -0.2) is 0 Å². The fourth-order valence-electron chi connectivity index (χ4n) is 0.507. The molecule has 1 N–H and O–H groups in total. The third-order valence-corrected chi connectivity index (χ3v) is 1.29. The Bertz CT molecular complexity index is 175. The summed E-state index contributed by atoms with van der Waals surface area (Å²) in [5.74, 6) is -0.918. The number of rotatable bonds is 4. The standard InChI is InChI=1S/C8H13NO2/c1-4-6(3)9-8(11)7(10)5-2/h4,6H,1,5H2,2-3H3,(H,9,11). The van der Waals surface area contributed by atoms with Crippen molar-refractivity contribution in [2.75, 3.05) is 0 Å². The van der Waals surface area contributed by atoms with E-state index in [9.17, 15) is 9.59 Å². The zero-order valence-electron chi connectivity index (χ0n) is 6.89. The number of nitrogens with one attached hydrogen (secondary N) is 1. The highest BCUT2D eigenvalue weighted by molar-refractivity contribution is 6.36. The highest BCUT2D eigenvalue weighted by atomic mass is 16.2. The molecule has 11 heavy (non-hydrogen) atoms. The Balaban J connectivity index is 3.87. The molecule has 3 nitrogen and oxygen atoms in total. The van der Waals surface area contributed by atoms with E-state index >= 15 is 0 Å². The summed E-state index contributed by atoms with van der Waals surface area (Å²) >= 11 is 0. The molecule has 0 aromatic carbocycles. The first-order valence-electron chi connectivity index (χ1n) is 3.58. The van der Waals surface area contributed by atoms with Crippen molar-refractivity contribution >= 4 is 11.7 Å². The van der Waals surface area contributed by atoms with E-state index in [0.29, 0.717) is 0 Å². The van der Waals surface area contributed by atoms with Gasteiger partial charge in [-0.15, -0.1) is 6.58 Å². The molecular formula is C8H13NO2. The average Bonchev–Trinajstić information content (AvgIpc) is 2.02. The molecule has 0 aromatic heterocycles. The van der Waals surface area contributed by atoms with Crippen LogP contribution in [0.5, 0.6) is 0 Å². The van der Waals surface area contributed by atoms with Crippen LogP contribution in [0.25, 0.3) is 0 Å². The van der Waals surface area contributed by atoms with Gasteiger partial charge in [0.1, 0.15) is 0 Å². The van der Waals surface area contributed by atoms with Gasteiger partial charge in [-0.2, -0.15) is 0 Å². The van der Waals surface area contributed by atoms with Crippen molar-refractivity contribution in [2.45, 2.75) is 26.3 Å². The number of amides is 1. The smallest absolute Gasteiger partial charge is 0.287 e. The normalized spacial score (nSPS) is 11.8. The van der Waals surface area contributed by atoms with Crippen LogP contribution >= 0.6 is 0 Å². The van der Waals surface area contributed by atoms with Crippen LogP contribution in [0.1, 0.15) is 20.3 Å². The monoisotopic (exact) mass is 155 g/mol. The van der Waals surface area contributed by atoms with Gasteiger partial charge >= 0.3 is 0 Å². The topological polar surface area (TPSA) is 46.2 Å². The lowest BCUT2D eigenvalue weighted by molar-refractivity contribution is -0.137. The number of carbonyl (C=O) groups is 2. The summed E-state index contributed by atoms with van der Waals surface area (Å²) in [5.41, 5.74) is 0. The number of ketones is 1. The van der Waals surface area contributed by atoms with Crippen LogP contribution < -0.4 is 5.32 Å². The molecule has 0 aliphatic heterocycles. The molecule has 0 saturated carbocycles. The highest BCUT2D eigenvalue weighted by Gasteiger charge is 2.11. The lowest BCUT2D eigenvalue weighted by atomic mass is 10.2. The van der Waals surface area contributed by atoms with Gasteiger partial charge in [0.05, 0.1) is 0 Å². The summed E-state index contributed by atoms with van der Waals surface area (Å²) in [4.78, 5) is 21.6. The van der Waals surface area contributed by atoms with E-state index in [4.69, 9.17) is 0 Å². The molecule has 0 spiro atoms. The first kappa shape index (κ1) is 9.88. The van der Waals surface area contributed by atoms with Crippen LogP contribution in [0, 0.1) is 0 Å². The van der Waals surface area contributed by atoms with Crippen molar-refractivity contribution in [1.82, 2.24) is 5.32 Å². The number of Topliss-reactive ketones (excluding diaryl/α,β-unsaturated/α-hetero) is 1. The number of carbonyl (C=O) groups excluding carboxylic acids is 2. The van der Waals surface area contributed by atoms with Crippen molar-refractivity contribution in [3.8, 4) is 0 Å². The molecule has 0 saturated heterocycles. The molecule has 1 amide bonds. The summed E-state index contributed by atoms with van der Waals surface area (Å²) in [6.45, 7) is 6.88. The van der Waals surface area contributed by atoms with Gasteiger partial charge in [0, 0.05) is 12.5 Å². The summed E-state index contributed by atoms with van der Waals surface area (Å²) in [6.07, 6.45) is 1.82. The van der Waals surface area contributed by atoms with Crippen molar-refractivity contribution < 1.29 is 9.59 Å². The maximum absolute atomic E-state index is 10.8. The Labute approximate surface area is 66.5 Å². The molecule has 0 aromatic rings. The molecule has 1 atom stereocenters. The van der Waals surface area contributed by atoms with E-state index in [1.165, 1.54) is 0 Å². The van der Waals surface area contributed by atoms with E-state index in [2.05, 4.69) is 11.9 Å². The molecule has 0 aliphatic rings. The average molecular weight is 155 g/mol. The molecule has 62 valence electrons. The van der Waals surface area contributed by atoms with Gasteiger partial charge in [-0.05, 0) is 6.92 Å². The van der Waals surface area contributed by atoms with Gasteiger partial charge in [0.25, 0.3) is 5.91 Å². The zero-order valence-corrected chi connectivity index (χ0v) is 6.89. The lowest BCUT2D eigenvalue weighted by Gasteiger charge is -2.06. The Kier molecular flexibility index (Phi) is 4.18. The van der Waals surface area contributed by atoms with Crippen molar-refractivity contribution in [1.29, 1.82) is 0 Å². The predicted molar refractivity (Wildman–Crippen MR) is 43.1 cm³/mol. The summed E-state index contributed by atoms with van der Waals surface area (Å²) < 4.78 is 0. The van der Waals surface area contributed by atoms with E-state index in [-0.39, 0.29) is 12.5 Å². The molecule has 1 unspecified atom stereocenters. The fourth-order valence-corrected chi connectivity index (χ4v) is 0.507. The van der Waals surface area contributed by atoms with Crippen molar-refractivity contribution in [3.05, 3.63) is 12.7 Å². The van der Waals surface area contributed by atoms with Crippen LogP contribution in [0.3, 0.4) is 0 Å². The third kappa shape index (κ3) is 3.55. The summed E-state index contributed by atoms with van der Waals surface area (Å²) in [7, 11) is 0. The molecule has 0 bridgehead atoms. The number of hydrogen-bond acceptors (Lipinski definition) is 2. The summed E-state index contributed by atoms with van der Waals surface area (Å²) in [5, 5.41) is 2.47. The minimum absolute atomic E-state index is 0.141. The van der Waals surface area contributed by atoms with Gasteiger partial charge in [-0.1, -0.05) is 13.0 Å². The second-order valence-electron chi connectivity index (χ2n) is 2.27. The predicted octanol–water partition coefficient (Wildman–Crippen LogP) is 0.656. The summed E-state index contributed by atoms with van der Waals surface area (Å²) in [6, 6.07) is -0.141. The molecule has 0 rings (SSSR count). The molecule has 0 radical (unpaired) electrons. The van der Waals surface area contributed by atoms with Crippen LogP contribution in [0.15, 0.2) is 12.7 Å². The van der Waals surface area contributed by atoms with Crippen molar-refractivity contribution in [2.24, 2.45) is 0 Å². The maximum Gasteiger partial charge on any atom is 0.287 e. The van der Waals surface area contributed by atoms with Crippen molar-refractivity contribution in [3.63, 3.8) is 0 Å². The molecule has 0 aliphatic carbocycles. The fraction of sp³-hybridized carbons (Fsp3) is 0.500. The molecular weight excluding hydrogens is 142 g/mol. The third-order valence-electron chi connectivity index (χ3n) is 1.29. The minimum atomic E-state index is -0.528. The Morgan fingerprint density at radius 1 is 1.64 bits per heavy atom. The van der Waals surface area contributed by atoms with E-state index in [1.54, 1.807) is 19.9 Å². The first-order chi connectivity index (χ1) is 5.11. The molecule has 3 heteroatoms. The van der Waals surface area contributed by atoms with Gasteiger partial charge < -0.3 is 5.32 Å². The SMILES string of the molecule is C=CC(C)NC(=O)C(=O)CC. The second-order valence-corrected chi connectivity index (χ2v) is 2.27. The molecule has 0 fully saturated rings. The Morgan fingerprint density at radius 2 is 2.18 bits per heavy atom. The van der Waals surface area contributed by atoms with E-state index < -0.39 is 11.7 Å². The quantitative estimate of drug-likeness (QED) is 0.478. The zero-order chi connectivity index (χ0) is 8.85. The number of hydrogen-bond donors (Lipinski definition) is 1.